The summed E-state index contributed by atoms with van der Waals surface area (Å²) in [7, 11) is 0. The minimum atomic E-state index is -0.105. The van der Waals surface area contributed by atoms with E-state index in [9.17, 15) is 9.90 Å². The normalized spacial score (nSPS) is 16.2. The van der Waals surface area contributed by atoms with Crippen LogP contribution in [-0.2, 0) is 4.79 Å². The van der Waals surface area contributed by atoms with Gasteiger partial charge in [0.1, 0.15) is 5.82 Å². The van der Waals surface area contributed by atoms with Gasteiger partial charge < -0.3 is 15.2 Å². The lowest BCUT2D eigenvalue weighted by Crippen LogP contribution is -2.15. The topological polar surface area (TPSA) is 76.4 Å². The number of benzene rings is 2. The number of para-hydroxylation sites is 1. The molecule has 1 aliphatic rings. The van der Waals surface area contributed by atoms with Crippen molar-refractivity contribution in [2.24, 2.45) is 0 Å². The zero-order valence-corrected chi connectivity index (χ0v) is 16.5. The fourth-order valence-electron chi connectivity index (χ4n) is 3.37. The number of carbonyl (C=O) groups excluding carboxylic acids is 1. The second kappa shape index (κ2) is 7.59. The number of rotatable bonds is 4. The van der Waals surface area contributed by atoms with Crippen LogP contribution >= 0.6 is 11.8 Å². The highest BCUT2D eigenvalue weighted by Gasteiger charge is 2.31. The molecule has 0 unspecified atom stereocenters. The number of hydrogen-bond acceptors (Lipinski definition) is 5. The smallest absolute Gasteiger partial charge is 0.235 e. The van der Waals surface area contributed by atoms with Crippen molar-refractivity contribution in [2.45, 2.75) is 19.1 Å². The molecule has 2 aromatic carbocycles. The highest BCUT2D eigenvalue weighted by Crippen LogP contribution is 2.45. The van der Waals surface area contributed by atoms with Gasteiger partial charge in [0, 0.05) is 5.56 Å². The van der Waals surface area contributed by atoms with E-state index in [1.807, 2.05) is 56.3 Å². The third-order valence-corrected chi connectivity index (χ3v) is 5.87. The Bertz CT molecular complexity index is 1020. The number of phenols is 1. The fourth-order valence-corrected chi connectivity index (χ4v) is 4.55. The van der Waals surface area contributed by atoms with Crippen LogP contribution in [0, 0.1) is 6.92 Å². The highest BCUT2D eigenvalue weighted by molar-refractivity contribution is 8.00. The third kappa shape index (κ3) is 3.33. The van der Waals surface area contributed by atoms with E-state index in [0.29, 0.717) is 23.9 Å². The number of nitrogens with one attached hydrogen (secondary N) is 1. The monoisotopic (exact) mass is 395 g/mol. The average molecular weight is 395 g/mol. The van der Waals surface area contributed by atoms with E-state index in [4.69, 9.17) is 9.84 Å². The molecule has 1 amide bonds. The largest absolute Gasteiger partial charge is 0.504 e. The van der Waals surface area contributed by atoms with Crippen molar-refractivity contribution < 1.29 is 14.6 Å². The summed E-state index contributed by atoms with van der Waals surface area (Å²) in [6.07, 6.45) is 0. The molecule has 0 spiro atoms. The van der Waals surface area contributed by atoms with Crippen LogP contribution in [0.25, 0.3) is 5.69 Å². The number of ether oxygens (including phenoxy) is 1. The Morgan fingerprint density at radius 1 is 1.29 bits per heavy atom. The van der Waals surface area contributed by atoms with E-state index in [1.165, 1.54) is 0 Å². The van der Waals surface area contributed by atoms with E-state index < -0.39 is 0 Å². The lowest BCUT2D eigenvalue weighted by Gasteiger charge is -2.17. The molecule has 3 aromatic rings. The number of thioether (sulfide) groups is 1. The van der Waals surface area contributed by atoms with E-state index >= 15 is 0 Å². The number of carbonyl (C=O) groups is 1. The first kappa shape index (κ1) is 18.4. The van der Waals surface area contributed by atoms with Crippen molar-refractivity contribution >= 4 is 23.5 Å². The predicted octanol–water partition coefficient (Wildman–Crippen LogP) is 4.06. The molecule has 4 rings (SSSR count). The summed E-state index contributed by atoms with van der Waals surface area (Å²) in [4.78, 5) is 12.4. The molecule has 2 heterocycles. The van der Waals surface area contributed by atoms with Gasteiger partial charge in [-0.15, -0.1) is 11.8 Å². The van der Waals surface area contributed by atoms with Gasteiger partial charge in [0.05, 0.1) is 29.0 Å². The molecule has 1 aliphatic heterocycles. The standard InChI is InChI=1S/C21H21N3O3S/c1-3-27-17-11-14(9-10-16(17)25)20-19-13(2)23-24(15-7-5-4-6-8-15)21(19)22-18(26)12-28-20/h4-11,20,25H,3,12H2,1-2H3,(H,22,26)/t20-/m1/s1. The van der Waals surface area contributed by atoms with Crippen LogP contribution in [0.15, 0.2) is 48.5 Å². The van der Waals surface area contributed by atoms with Crippen LogP contribution in [0.3, 0.4) is 0 Å². The number of amides is 1. The van der Waals surface area contributed by atoms with Crippen molar-refractivity contribution in [1.82, 2.24) is 9.78 Å². The predicted molar refractivity (Wildman–Crippen MR) is 111 cm³/mol. The molecule has 144 valence electrons. The summed E-state index contributed by atoms with van der Waals surface area (Å²) >= 11 is 1.54. The molecule has 28 heavy (non-hydrogen) atoms. The maximum atomic E-state index is 12.4. The molecule has 1 aromatic heterocycles. The molecule has 2 N–H and O–H groups in total. The van der Waals surface area contributed by atoms with E-state index in [1.54, 1.807) is 22.5 Å². The average Bonchev–Trinajstić information content (AvgIpc) is 2.90. The molecule has 0 saturated carbocycles. The Balaban J connectivity index is 1.86. The Labute approximate surface area is 167 Å². The number of hydrogen-bond donors (Lipinski definition) is 2. The van der Waals surface area contributed by atoms with Gasteiger partial charge in [-0.1, -0.05) is 24.3 Å². The van der Waals surface area contributed by atoms with Crippen molar-refractivity contribution in [3.63, 3.8) is 0 Å². The molecular formula is C21H21N3O3S. The first-order valence-corrected chi connectivity index (χ1v) is 10.2. The summed E-state index contributed by atoms with van der Waals surface area (Å²) < 4.78 is 7.33. The van der Waals surface area contributed by atoms with Crippen molar-refractivity contribution in [3.8, 4) is 17.2 Å². The fraction of sp³-hybridized carbons (Fsp3) is 0.238. The number of nitrogens with zero attached hydrogens (tertiary/aromatic N) is 2. The van der Waals surface area contributed by atoms with E-state index in [2.05, 4.69) is 5.32 Å². The molecule has 0 aliphatic carbocycles. The van der Waals surface area contributed by atoms with Gasteiger partial charge in [-0.05, 0) is 43.7 Å². The molecule has 0 saturated heterocycles. The van der Waals surface area contributed by atoms with E-state index in [-0.39, 0.29) is 16.9 Å². The number of phenolic OH excluding ortho intramolecular Hbond substituents is 1. The van der Waals surface area contributed by atoms with Gasteiger partial charge in [0.25, 0.3) is 0 Å². The minimum Gasteiger partial charge on any atom is -0.504 e. The summed E-state index contributed by atoms with van der Waals surface area (Å²) in [6.45, 7) is 4.29. The number of aromatic hydroxyl groups is 1. The van der Waals surface area contributed by atoms with Gasteiger partial charge in [-0.3, -0.25) is 4.79 Å². The Morgan fingerprint density at radius 2 is 2.07 bits per heavy atom. The van der Waals surface area contributed by atoms with Crippen molar-refractivity contribution in [1.29, 1.82) is 0 Å². The maximum Gasteiger partial charge on any atom is 0.235 e. The summed E-state index contributed by atoms with van der Waals surface area (Å²) in [5, 5.41) is 17.7. The molecule has 1 atom stereocenters. The zero-order valence-electron chi connectivity index (χ0n) is 15.7. The summed E-state index contributed by atoms with van der Waals surface area (Å²) in [5.74, 6) is 1.51. The Kier molecular flexibility index (Phi) is 5.00. The third-order valence-electron chi connectivity index (χ3n) is 4.60. The molecule has 0 bridgehead atoms. The Morgan fingerprint density at radius 3 is 2.82 bits per heavy atom. The van der Waals surface area contributed by atoms with Crippen LogP contribution in [-0.4, -0.2) is 33.2 Å². The molecule has 6 nitrogen and oxygen atoms in total. The molecule has 7 heteroatoms. The van der Waals surface area contributed by atoms with Crippen LogP contribution in [0.4, 0.5) is 5.82 Å². The first-order chi connectivity index (χ1) is 13.6. The SMILES string of the molecule is CCOc1cc([C@H]2SCC(=O)Nc3c2c(C)nn3-c2ccccc2)ccc1O. The quantitative estimate of drug-likeness (QED) is 0.697. The molecule has 0 radical (unpaired) electrons. The van der Waals surface area contributed by atoms with Gasteiger partial charge in [0.2, 0.25) is 5.91 Å². The molecule has 0 fully saturated rings. The van der Waals surface area contributed by atoms with E-state index in [0.717, 1.165) is 22.5 Å². The van der Waals surface area contributed by atoms with Crippen LogP contribution in [0.2, 0.25) is 0 Å². The van der Waals surface area contributed by atoms with Crippen LogP contribution in [0.1, 0.15) is 29.0 Å². The number of fused-ring (bicyclic) bond motifs is 1. The first-order valence-electron chi connectivity index (χ1n) is 9.10. The van der Waals surface area contributed by atoms with Gasteiger partial charge in [-0.2, -0.15) is 5.10 Å². The second-order valence-corrected chi connectivity index (χ2v) is 7.59. The lowest BCUT2D eigenvalue weighted by atomic mass is 10.0. The van der Waals surface area contributed by atoms with Gasteiger partial charge >= 0.3 is 0 Å². The van der Waals surface area contributed by atoms with Gasteiger partial charge in [-0.25, -0.2) is 4.68 Å². The lowest BCUT2D eigenvalue weighted by molar-refractivity contribution is -0.113. The Hall–Kier alpha value is -2.93. The molecular weight excluding hydrogens is 374 g/mol. The summed E-state index contributed by atoms with van der Waals surface area (Å²) in [6, 6.07) is 15.1. The van der Waals surface area contributed by atoms with Crippen LogP contribution in [0.5, 0.6) is 11.5 Å². The van der Waals surface area contributed by atoms with Crippen LogP contribution < -0.4 is 10.1 Å². The summed E-state index contributed by atoms with van der Waals surface area (Å²) in [5.41, 5.74) is 3.66. The second-order valence-electron chi connectivity index (χ2n) is 6.49. The minimum absolute atomic E-state index is 0.0605. The zero-order chi connectivity index (χ0) is 19.7. The number of anilines is 1. The number of aromatic nitrogens is 2. The highest BCUT2D eigenvalue weighted by atomic mass is 32.2. The van der Waals surface area contributed by atoms with Crippen molar-refractivity contribution in [3.05, 3.63) is 65.4 Å². The maximum absolute atomic E-state index is 12.4. The van der Waals surface area contributed by atoms with Crippen molar-refractivity contribution in [2.75, 3.05) is 17.7 Å². The van der Waals surface area contributed by atoms with Gasteiger partial charge in [0.15, 0.2) is 11.5 Å². The number of aryl methyl sites for hydroxylation is 1.